The molecule has 1 aromatic heterocycles. The Morgan fingerprint density at radius 2 is 1.94 bits per heavy atom. The van der Waals surface area contributed by atoms with Crippen LogP contribution in [0.2, 0.25) is 10.0 Å². The second-order valence-electron chi connectivity index (χ2n) is 7.61. The zero-order valence-corrected chi connectivity index (χ0v) is 19.7. The van der Waals surface area contributed by atoms with Gasteiger partial charge in [0.1, 0.15) is 5.82 Å². The topological polar surface area (TPSA) is 84.3 Å². The molecule has 1 atom stereocenters. The summed E-state index contributed by atoms with van der Waals surface area (Å²) in [6.07, 6.45) is 1.15. The molecule has 0 radical (unpaired) electrons. The van der Waals surface area contributed by atoms with Gasteiger partial charge in [-0.05, 0) is 49.1 Å². The van der Waals surface area contributed by atoms with Crippen LogP contribution in [0.4, 0.5) is 5.82 Å². The van der Waals surface area contributed by atoms with Crippen molar-refractivity contribution in [1.82, 2.24) is 9.97 Å². The van der Waals surface area contributed by atoms with Crippen molar-refractivity contribution in [1.29, 1.82) is 0 Å². The van der Waals surface area contributed by atoms with Crippen LogP contribution in [0, 0.1) is 0 Å². The highest BCUT2D eigenvalue weighted by molar-refractivity contribution is 6.35. The van der Waals surface area contributed by atoms with E-state index >= 15 is 0 Å². The zero-order valence-electron chi connectivity index (χ0n) is 18.2. The van der Waals surface area contributed by atoms with Crippen LogP contribution < -0.4 is 10.1 Å². The Labute approximate surface area is 197 Å². The summed E-state index contributed by atoms with van der Waals surface area (Å²) in [4.78, 5) is 20.7. The standard InChI is InChI=1S/C24H25Cl2N3O3/c1-4-24(2,22(30)31)17-7-5-6-16(12-17)20-14-21(29-23(28-20)32-3)27-11-10-15-8-9-18(25)13-19(15)26/h5-9,12-14H,4,10-11H2,1-3H3,(H,30,31)(H,27,28,29). The van der Waals surface area contributed by atoms with E-state index < -0.39 is 11.4 Å². The molecule has 6 nitrogen and oxygen atoms in total. The first-order chi connectivity index (χ1) is 15.3. The summed E-state index contributed by atoms with van der Waals surface area (Å²) in [5, 5.41) is 14.2. The smallest absolute Gasteiger partial charge is 0.318 e. The monoisotopic (exact) mass is 473 g/mol. The Bertz CT molecular complexity index is 1120. The molecule has 1 heterocycles. The average Bonchev–Trinajstić information content (AvgIpc) is 2.79. The van der Waals surface area contributed by atoms with Gasteiger partial charge in [-0.25, -0.2) is 0 Å². The van der Waals surface area contributed by atoms with E-state index in [4.69, 9.17) is 27.9 Å². The van der Waals surface area contributed by atoms with E-state index in [2.05, 4.69) is 15.3 Å². The molecular weight excluding hydrogens is 449 g/mol. The summed E-state index contributed by atoms with van der Waals surface area (Å²) < 4.78 is 5.28. The fourth-order valence-corrected chi connectivity index (χ4v) is 3.81. The van der Waals surface area contributed by atoms with E-state index in [1.165, 1.54) is 7.11 Å². The Morgan fingerprint density at radius 1 is 1.16 bits per heavy atom. The maximum absolute atomic E-state index is 11.9. The SMILES string of the molecule is CCC(C)(C(=O)O)c1cccc(-c2cc(NCCc3ccc(Cl)cc3Cl)nc(OC)n2)c1. The minimum Gasteiger partial charge on any atom is -0.481 e. The van der Waals surface area contributed by atoms with Gasteiger partial charge in [-0.1, -0.05) is 54.4 Å². The zero-order chi connectivity index (χ0) is 23.3. The molecule has 0 spiro atoms. The van der Waals surface area contributed by atoms with Crippen LogP contribution in [0.1, 0.15) is 31.4 Å². The molecule has 2 N–H and O–H groups in total. The van der Waals surface area contributed by atoms with E-state index in [1.807, 2.05) is 49.4 Å². The number of carboxylic acid groups (broad SMARTS) is 1. The number of nitrogens with zero attached hydrogens (tertiary/aromatic N) is 2. The van der Waals surface area contributed by atoms with Crippen molar-refractivity contribution in [2.75, 3.05) is 19.0 Å². The summed E-state index contributed by atoms with van der Waals surface area (Å²) in [7, 11) is 1.51. The summed E-state index contributed by atoms with van der Waals surface area (Å²) in [6, 6.07) is 14.9. The van der Waals surface area contributed by atoms with Crippen LogP contribution in [-0.2, 0) is 16.6 Å². The van der Waals surface area contributed by atoms with Gasteiger partial charge in [0.25, 0.3) is 0 Å². The van der Waals surface area contributed by atoms with Gasteiger partial charge in [-0.2, -0.15) is 9.97 Å². The van der Waals surface area contributed by atoms with Gasteiger partial charge in [0.05, 0.1) is 18.2 Å². The minimum atomic E-state index is -0.980. The van der Waals surface area contributed by atoms with E-state index in [0.717, 1.165) is 16.7 Å². The van der Waals surface area contributed by atoms with E-state index in [1.54, 1.807) is 13.0 Å². The maximum Gasteiger partial charge on any atom is 0.318 e. The van der Waals surface area contributed by atoms with E-state index in [-0.39, 0.29) is 6.01 Å². The third kappa shape index (κ3) is 5.31. The number of halogens is 2. The molecule has 0 aliphatic rings. The van der Waals surface area contributed by atoms with Crippen LogP contribution in [0.15, 0.2) is 48.5 Å². The second kappa shape index (κ2) is 10.2. The van der Waals surface area contributed by atoms with Crippen molar-refractivity contribution in [2.24, 2.45) is 0 Å². The quantitative estimate of drug-likeness (QED) is 0.404. The lowest BCUT2D eigenvalue weighted by Crippen LogP contribution is -2.31. The Balaban J connectivity index is 1.85. The number of benzene rings is 2. The van der Waals surface area contributed by atoms with E-state index in [9.17, 15) is 9.90 Å². The van der Waals surface area contributed by atoms with Crippen LogP contribution in [0.5, 0.6) is 6.01 Å². The number of anilines is 1. The number of hydrogen-bond acceptors (Lipinski definition) is 5. The van der Waals surface area contributed by atoms with Crippen molar-refractivity contribution in [3.8, 4) is 17.3 Å². The highest BCUT2D eigenvalue weighted by atomic mass is 35.5. The molecule has 0 saturated heterocycles. The molecule has 0 bridgehead atoms. The summed E-state index contributed by atoms with van der Waals surface area (Å²) in [5.74, 6) is -0.264. The van der Waals surface area contributed by atoms with E-state index in [0.29, 0.717) is 40.9 Å². The van der Waals surface area contributed by atoms with Gasteiger partial charge in [0.15, 0.2) is 0 Å². The minimum absolute atomic E-state index is 0.219. The largest absolute Gasteiger partial charge is 0.481 e. The number of methoxy groups -OCH3 is 1. The van der Waals surface area contributed by atoms with Gasteiger partial charge in [0.2, 0.25) is 0 Å². The maximum atomic E-state index is 11.9. The van der Waals surface area contributed by atoms with Crippen molar-refractivity contribution in [2.45, 2.75) is 32.1 Å². The molecule has 168 valence electrons. The lowest BCUT2D eigenvalue weighted by molar-refractivity contribution is -0.143. The molecule has 8 heteroatoms. The van der Waals surface area contributed by atoms with Gasteiger partial charge in [-0.15, -0.1) is 0 Å². The first-order valence-corrected chi connectivity index (χ1v) is 11.0. The fourth-order valence-electron chi connectivity index (χ4n) is 3.31. The Hall–Kier alpha value is -2.83. The Kier molecular flexibility index (Phi) is 7.59. The first kappa shape index (κ1) is 23.8. The number of ether oxygens (including phenoxy) is 1. The number of aromatic nitrogens is 2. The number of rotatable bonds is 9. The molecule has 0 aliphatic heterocycles. The molecule has 3 aromatic rings. The fraction of sp³-hybridized carbons (Fsp3) is 0.292. The first-order valence-electron chi connectivity index (χ1n) is 10.2. The van der Waals surface area contributed by atoms with Crippen LogP contribution >= 0.6 is 23.2 Å². The van der Waals surface area contributed by atoms with Crippen LogP contribution in [0.3, 0.4) is 0 Å². The number of carboxylic acids is 1. The van der Waals surface area contributed by atoms with Crippen molar-refractivity contribution < 1.29 is 14.6 Å². The van der Waals surface area contributed by atoms with Gasteiger partial charge in [-0.3, -0.25) is 4.79 Å². The summed E-state index contributed by atoms with van der Waals surface area (Å²) in [6.45, 7) is 4.18. The molecule has 0 fully saturated rings. The molecule has 1 unspecified atom stereocenters. The van der Waals surface area contributed by atoms with Crippen LogP contribution in [0.25, 0.3) is 11.3 Å². The number of aliphatic carboxylic acids is 1. The number of carbonyl (C=O) groups is 1. The lowest BCUT2D eigenvalue weighted by Gasteiger charge is -2.24. The van der Waals surface area contributed by atoms with Gasteiger partial charge in [0, 0.05) is 28.2 Å². The molecule has 0 saturated carbocycles. The summed E-state index contributed by atoms with van der Waals surface area (Å²) >= 11 is 12.2. The highest BCUT2D eigenvalue weighted by Crippen LogP contribution is 2.32. The Morgan fingerprint density at radius 3 is 2.59 bits per heavy atom. The second-order valence-corrected chi connectivity index (χ2v) is 8.45. The number of nitrogens with one attached hydrogen (secondary N) is 1. The molecule has 0 amide bonds. The molecular formula is C24H25Cl2N3O3. The normalized spacial score (nSPS) is 12.8. The molecule has 2 aromatic carbocycles. The molecule has 0 aliphatic carbocycles. The highest BCUT2D eigenvalue weighted by Gasteiger charge is 2.33. The van der Waals surface area contributed by atoms with Crippen molar-refractivity contribution in [3.63, 3.8) is 0 Å². The van der Waals surface area contributed by atoms with Crippen molar-refractivity contribution >= 4 is 35.0 Å². The predicted molar refractivity (Wildman–Crippen MR) is 128 cm³/mol. The predicted octanol–water partition coefficient (Wildman–Crippen LogP) is 5.87. The molecule has 3 rings (SSSR count). The van der Waals surface area contributed by atoms with Gasteiger partial charge < -0.3 is 15.2 Å². The summed E-state index contributed by atoms with van der Waals surface area (Å²) in [5.41, 5.74) is 2.13. The third-order valence-electron chi connectivity index (χ3n) is 5.58. The third-order valence-corrected chi connectivity index (χ3v) is 6.17. The van der Waals surface area contributed by atoms with Crippen molar-refractivity contribution in [3.05, 3.63) is 69.7 Å². The average molecular weight is 474 g/mol. The number of hydrogen-bond donors (Lipinski definition) is 2. The van der Waals surface area contributed by atoms with Crippen LogP contribution in [-0.4, -0.2) is 34.7 Å². The molecule has 32 heavy (non-hydrogen) atoms. The van der Waals surface area contributed by atoms with Gasteiger partial charge >= 0.3 is 12.0 Å². The lowest BCUT2D eigenvalue weighted by atomic mass is 9.79.